The van der Waals surface area contributed by atoms with Gasteiger partial charge in [0.25, 0.3) is 0 Å². The number of esters is 1. The van der Waals surface area contributed by atoms with Crippen LogP contribution in [0.4, 0.5) is 0 Å². The van der Waals surface area contributed by atoms with Gasteiger partial charge in [0.15, 0.2) is 0 Å². The van der Waals surface area contributed by atoms with Crippen molar-refractivity contribution in [3.63, 3.8) is 0 Å². The number of aromatic nitrogens is 2. The highest BCUT2D eigenvalue weighted by atomic mass is 16.5. The third kappa shape index (κ3) is 7.06. The molecule has 0 fully saturated rings. The van der Waals surface area contributed by atoms with Crippen molar-refractivity contribution in [2.75, 3.05) is 0 Å². The first-order chi connectivity index (χ1) is 14.8. The molecule has 0 saturated heterocycles. The van der Waals surface area contributed by atoms with Crippen LogP contribution in [-0.2, 0) is 11.3 Å². The van der Waals surface area contributed by atoms with Crippen molar-refractivity contribution in [3.8, 4) is 0 Å². The number of carboxylic acids is 3. The molecule has 158 valence electrons. The zero-order chi connectivity index (χ0) is 22.8. The van der Waals surface area contributed by atoms with Crippen LogP contribution in [0.5, 0.6) is 0 Å². The minimum Gasteiger partial charge on any atom is -0.477 e. The fourth-order valence-corrected chi connectivity index (χ4v) is 2.14. The molecule has 0 aliphatic heterocycles. The molecule has 31 heavy (non-hydrogen) atoms. The van der Waals surface area contributed by atoms with Gasteiger partial charge in [-0.3, -0.25) is 0 Å². The van der Waals surface area contributed by atoms with Crippen molar-refractivity contribution in [1.82, 2.24) is 9.97 Å². The quantitative estimate of drug-likeness (QED) is 0.501. The van der Waals surface area contributed by atoms with E-state index in [1.54, 1.807) is 0 Å². The van der Waals surface area contributed by atoms with Crippen LogP contribution in [-0.4, -0.2) is 49.2 Å². The van der Waals surface area contributed by atoms with Gasteiger partial charge in [-0.05, 0) is 29.8 Å². The standard InChI is InChI=1S/C14H11NO4.C7H5NO4/c16-13(17)11-7-4-8-12(15-11)14(18)19-9-10-5-2-1-3-6-10;9-6(10)4-2-1-3-5(8-4)7(11)12/h1-8H,9H2,(H,16,17);1-3H,(H,9,10)(H,11,12). The zero-order valence-electron chi connectivity index (χ0n) is 15.8. The zero-order valence-corrected chi connectivity index (χ0v) is 15.8. The second-order valence-electron chi connectivity index (χ2n) is 5.79. The van der Waals surface area contributed by atoms with Gasteiger partial charge in [0.2, 0.25) is 0 Å². The van der Waals surface area contributed by atoms with Crippen molar-refractivity contribution in [2.24, 2.45) is 0 Å². The Morgan fingerprint density at radius 1 is 0.613 bits per heavy atom. The van der Waals surface area contributed by atoms with E-state index in [9.17, 15) is 19.2 Å². The number of carboxylic acid groups (broad SMARTS) is 3. The molecule has 0 unspecified atom stereocenters. The average molecular weight is 424 g/mol. The van der Waals surface area contributed by atoms with Crippen LogP contribution >= 0.6 is 0 Å². The summed E-state index contributed by atoms with van der Waals surface area (Å²) < 4.78 is 5.05. The highest BCUT2D eigenvalue weighted by Crippen LogP contribution is 2.06. The molecule has 0 aliphatic rings. The number of carbonyl (C=O) groups is 4. The fraction of sp³-hybridized carbons (Fsp3) is 0.0476. The summed E-state index contributed by atoms with van der Waals surface area (Å²) in [6.07, 6.45) is 0. The van der Waals surface area contributed by atoms with Crippen molar-refractivity contribution in [3.05, 3.63) is 95.1 Å². The van der Waals surface area contributed by atoms with Gasteiger partial charge in [-0.15, -0.1) is 0 Å². The van der Waals surface area contributed by atoms with E-state index in [1.807, 2.05) is 30.3 Å². The lowest BCUT2D eigenvalue weighted by Crippen LogP contribution is -2.10. The molecule has 3 rings (SSSR count). The Balaban J connectivity index is 0.000000245. The molecule has 0 bridgehead atoms. The number of benzene rings is 1. The number of carbonyl (C=O) groups excluding carboxylic acids is 1. The van der Waals surface area contributed by atoms with Crippen molar-refractivity contribution >= 4 is 23.9 Å². The predicted octanol–water partition coefficient (Wildman–Crippen LogP) is 2.61. The highest BCUT2D eigenvalue weighted by molar-refractivity contribution is 5.91. The molecule has 10 nitrogen and oxygen atoms in total. The normalized spacial score (nSPS) is 9.68. The maximum Gasteiger partial charge on any atom is 0.357 e. The molecular weight excluding hydrogens is 408 g/mol. The summed E-state index contributed by atoms with van der Waals surface area (Å²) in [4.78, 5) is 50.2. The maximum absolute atomic E-state index is 11.7. The van der Waals surface area contributed by atoms with Gasteiger partial charge < -0.3 is 20.1 Å². The monoisotopic (exact) mass is 424 g/mol. The molecule has 3 aromatic rings. The van der Waals surface area contributed by atoms with E-state index < -0.39 is 23.9 Å². The van der Waals surface area contributed by atoms with Crippen LogP contribution in [0.2, 0.25) is 0 Å². The van der Waals surface area contributed by atoms with E-state index >= 15 is 0 Å². The first-order valence-corrected chi connectivity index (χ1v) is 8.63. The summed E-state index contributed by atoms with van der Waals surface area (Å²) >= 11 is 0. The summed E-state index contributed by atoms with van der Waals surface area (Å²) in [7, 11) is 0. The average Bonchev–Trinajstić information content (AvgIpc) is 2.78. The molecule has 2 aromatic heterocycles. The van der Waals surface area contributed by atoms with Gasteiger partial charge in [0, 0.05) is 0 Å². The maximum atomic E-state index is 11.7. The van der Waals surface area contributed by atoms with Gasteiger partial charge >= 0.3 is 23.9 Å². The lowest BCUT2D eigenvalue weighted by Gasteiger charge is -2.04. The molecule has 0 atom stereocenters. The smallest absolute Gasteiger partial charge is 0.357 e. The van der Waals surface area contributed by atoms with E-state index in [2.05, 4.69) is 9.97 Å². The number of hydrogen-bond acceptors (Lipinski definition) is 7. The molecular formula is C21H16N2O8. The number of aromatic carboxylic acids is 3. The number of pyridine rings is 2. The van der Waals surface area contributed by atoms with Crippen molar-refractivity contribution < 1.29 is 39.2 Å². The number of ether oxygens (including phenoxy) is 1. The highest BCUT2D eigenvalue weighted by Gasteiger charge is 2.12. The minimum atomic E-state index is -1.24. The SMILES string of the molecule is O=C(O)c1cccc(C(=O)O)n1.O=C(O)c1cccc(C(=O)OCc2ccccc2)n1. The van der Waals surface area contributed by atoms with Gasteiger partial charge in [-0.2, -0.15) is 0 Å². The Morgan fingerprint density at radius 3 is 1.48 bits per heavy atom. The number of hydrogen-bond donors (Lipinski definition) is 3. The molecule has 0 aliphatic carbocycles. The topological polar surface area (TPSA) is 164 Å². The van der Waals surface area contributed by atoms with Crippen LogP contribution in [0, 0.1) is 0 Å². The minimum absolute atomic E-state index is 0.0177. The predicted molar refractivity (Wildman–Crippen MR) is 105 cm³/mol. The Morgan fingerprint density at radius 2 is 1.03 bits per heavy atom. The lowest BCUT2D eigenvalue weighted by atomic mass is 10.2. The van der Waals surface area contributed by atoms with Gasteiger partial charge in [0.1, 0.15) is 29.4 Å². The molecule has 3 N–H and O–H groups in total. The van der Waals surface area contributed by atoms with Crippen LogP contribution in [0.3, 0.4) is 0 Å². The summed E-state index contributed by atoms with van der Waals surface area (Å²) in [5.74, 6) is -4.30. The van der Waals surface area contributed by atoms with Crippen LogP contribution in [0.25, 0.3) is 0 Å². The molecule has 0 amide bonds. The van der Waals surface area contributed by atoms with Crippen LogP contribution in [0.15, 0.2) is 66.7 Å². The summed E-state index contributed by atoms with van der Waals surface area (Å²) in [5.41, 5.74) is 0.111. The second kappa shape index (κ2) is 10.8. The largest absolute Gasteiger partial charge is 0.477 e. The van der Waals surface area contributed by atoms with Crippen LogP contribution in [0.1, 0.15) is 47.5 Å². The van der Waals surface area contributed by atoms with E-state index in [0.29, 0.717) is 0 Å². The van der Waals surface area contributed by atoms with E-state index in [0.717, 1.165) is 5.56 Å². The summed E-state index contributed by atoms with van der Waals surface area (Å²) in [6.45, 7) is 0.124. The third-order valence-electron chi connectivity index (χ3n) is 3.58. The number of nitrogens with zero attached hydrogens (tertiary/aromatic N) is 2. The third-order valence-corrected chi connectivity index (χ3v) is 3.58. The fourth-order valence-electron chi connectivity index (χ4n) is 2.14. The van der Waals surface area contributed by atoms with Crippen LogP contribution < -0.4 is 0 Å². The lowest BCUT2D eigenvalue weighted by molar-refractivity contribution is 0.0464. The van der Waals surface area contributed by atoms with Gasteiger partial charge in [-0.1, -0.05) is 42.5 Å². The molecule has 10 heteroatoms. The molecule has 0 saturated carbocycles. The van der Waals surface area contributed by atoms with Crippen molar-refractivity contribution in [2.45, 2.75) is 6.61 Å². The summed E-state index contributed by atoms with van der Waals surface area (Å²) in [6, 6.07) is 17.2. The van der Waals surface area contributed by atoms with E-state index in [4.69, 9.17) is 20.1 Å². The Bertz CT molecular complexity index is 1070. The summed E-state index contributed by atoms with van der Waals surface area (Å²) in [5, 5.41) is 25.7. The van der Waals surface area contributed by atoms with E-state index in [-0.39, 0.29) is 29.4 Å². The van der Waals surface area contributed by atoms with Gasteiger partial charge in [0.05, 0.1) is 0 Å². The number of rotatable bonds is 6. The first-order valence-electron chi connectivity index (χ1n) is 8.63. The van der Waals surface area contributed by atoms with Crippen molar-refractivity contribution in [1.29, 1.82) is 0 Å². The Hall–Kier alpha value is -4.60. The molecule has 2 heterocycles. The van der Waals surface area contributed by atoms with Gasteiger partial charge in [-0.25, -0.2) is 29.1 Å². The van der Waals surface area contributed by atoms with E-state index in [1.165, 1.54) is 36.4 Å². The second-order valence-corrected chi connectivity index (χ2v) is 5.79. The Kier molecular flexibility index (Phi) is 7.91. The molecule has 0 radical (unpaired) electrons. The Labute approximate surface area is 175 Å². The molecule has 0 spiro atoms. The molecule has 1 aromatic carbocycles. The first kappa shape index (κ1) is 22.7.